The molecule has 1 saturated carbocycles. The highest BCUT2D eigenvalue weighted by Crippen LogP contribution is 2.28. The third kappa shape index (κ3) is 3.32. The molecule has 1 aliphatic carbocycles. The molecule has 0 amide bonds. The largest absolute Gasteiger partial charge is 0.381 e. The maximum Gasteiger partial charge on any atom is 0.0948 e. The zero-order chi connectivity index (χ0) is 11.4. The molecule has 1 atom stereocenters. The number of ether oxygens (including phenoxy) is 1. The third-order valence-corrected chi connectivity index (χ3v) is 2.95. The van der Waals surface area contributed by atoms with Gasteiger partial charge in [-0.2, -0.15) is 0 Å². The number of hydrogen-bond acceptors (Lipinski definition) is 3. The second-order valence-electron chi connectivity index (χ2n) is 4.67. The van der Waals surface area contributed by atoms with E-state index in [1.54, 1.807) is 0 Å². The number of hydrogen-bond donors (Lipinski definition) is 1. The molecule has 1 heterocycles. The number of nitrogens with zero attached hydrogens (tertiary/aromatic N) is 2. The van der Waals surface area contributed by atoms with Gasteiger partial charge in [-0.3, -0.25) is 0 Å². The molecule has 90 valence electrons. The average Bonchev–Trinajstić information content (AvgIpc) is 2.94. The Morgan fingerprint density at radius 1 is 1.62 bits per heavy atom. The molecule has 0 aromatic carbocycles. The average molecular weight is 223 g/mol. The van der Waals surface area contributed by atoms with Crippen LogP contribution in [0, 0.1) is 5.92 Å². The maximum atomic E-state index is 5.85. The summed E-state index contributed by atoms with van der Waals surface area (Å²) >= 11 is 0. The molecule has 0 bridgehead atoms. The summed E-state index contributed by atoms with van der Waals surface area (Å²) in [5, 5.41) is 0. The van der Waals surface area contributed by atoms with Crippen LogP contribution >= 0.6 is 0 Å². The van der Waals surface area contributed by atoms with E-state index in [1.807, 2.05) is 19.4 Å². The van der Waals surface area contributed by atoms with E-state index in [1.165, 1.54) is 12.8 Å². The van der Waals surface area contributed by atoms with Gasteiger partial charge in [-0.15, -0.1) is 0 Å². The van der Waals surface area contributed by atoms with Crippen molar-refractivity contribution in [1.29, 1.82) is 0 Å². The van der Waals surface area contributed by atoms with E-state index >= 15 is 0 Å². The van der Waals surface area contributed by atoms with Crippen molar-refractivity contribution in [2.24, 2.45) is 11.7 Å². The fourth-order valence-corrected chi connectivity index (χ4v) is 1.77. The second kappa shape index (κ2) is 5.46. The fraction of sp³-hybridized carbons (Fsp3) is 0.750. The molecular formula is C12H21N3O. The zero-order valence-electron chi connectivity index (χ0n) is 9.93. The van der Waals surface area contributed by atoms with Crippen molar-refractivity contribution >= 4 is 0 Å². The molecule has 1 aromatic rings. The summed E-state index contributed by atoms with van der Waals surface area (Å²) in [6, 6.07) is 0.0508. The van der Waals surface area contributed by atoms with Crippen LogP contribution in [0.15, 0.2) is 12.5 Å². The number of aryl methyl sites for hydroxylation is 1. The Kier molecular flexibility index (Phi) is 3.96. The van der Waals surface area contributed by atoms with Gasteiger partial charge >= 0.3 is 0 Å². The fourth-order valence-electron chi connectivity index (χ4n) is 1.77. The van der Waals surface area contributed by atoms with Crippen LogP contribution in [0.4, 0.5) is 0 Å². The Bertz CT molecular complexity index is 318. The minimum Gasteiger partial charge on any atom is -0.381 e. The molecule has 0 saturated heterocycles. The van der Waals surface area contributed by atoms with E-state index in [0.717, 1.165) is 37.8 Å². The maximum absolute atomic E-state index is 5.85. The Morgan fingerprint density at radius 2 is 2.44 bits per heavy atom. The quantitative estimate of drug-likeness (QED) is 0.716. The first-order valence-electron chi connectivity index (χ1n) is 6.10. The lowest BCUT2D eigenvalue weighted by Crippen LogP contribution is -2.13. The van der Waals surface area contributed by atoms with E-state index < -0.39 is 0 Å². The molecule has 4 nitrogen and oxygen atoms in total. The standard InChI is InChI=1S/C12H21N3O/c1-10(13)12-7-14-9-15(12)5-2-6-16-8-11-3-4-11/h7,9-11H,2-6,8,13H2,1H3/t10-/m0/s1. The van der Waals surface area contributed by atoms with Crippen LogP contribution in [0.25, 0.3) is 0 Å². The van der Waals surface area contributed by atoms with Gasteiger partial charge in [0.2, 0.25) is 0 Å². The van der Waals surface area contributed by atoms with Crippen LogP contribution < -0.4 is 5.73 Å². The monoisotopic (exact) mass is 223 g/mol. The predicted octanol–water partition coefficient (Wildman–Crippen LogP) is 1.72. The molecular weight excluding hydrogens is 202 g/mol. The highest BCUT2D eigenvalue weighted by atomic mass is 16.5. The van der Waals surface area contributed by atoms with Gasteiger partial charge in [0.1, 0.15) is 0 Å². The molecule has 4 heteroatoms. The molecule has 16 heavy (non-hydrogen) atoms. The minimum atomic E-state index is 0.0508. The Morgan fingerprint density at radius 3 is 3.12 bits per heavy atom. The lowest BCUT2D eigenvalue weighted by Gasteiger charge is -2.10. The van der Waals surface area contributed by atoms with E-state index in [0.29, 0.717) is 0 Å². The van der Waals surface area contributed by atoms with Crippen LogP contribution in [0.1, 0.15) is 37.9 Å². The smallest absolute Gasteiger partial charge is 0.0948 e. The molecule has 0 radical (unpaired) electrons. The molecule has 1 aromatic heterocycles. The summed E-state index contributed by atoms with van der Waals surface area (Å²) in [6.07, 6.45) is 7.44. The summed E-state index contributed by atoms with van der Waals surface area (Å²) < 4.78 is 7.71. The van der Waals surface area contributed by atoms with Crippen molar-refractivity contribution < 1.29 is 4.74 Å². The van der Waals surface area contributed by atoms with Gasteiger partial charge in [0, 0.05) is 32.0 Å². The predicted molar refractivity (Wildman–Crippen MR) is 63.0 cm³/mol. The van der Waals surface area contributed by atoms with Gasteiger partial charge in [-0.25, -0.2) is 4.98 Å². The third-order valence-electron chi connectivity index (χ3n) is 2.95. The topological polar surface area (TPSA) is 53.1 Å². The minimum absolute atomic E-state index is 0.0508. The van der Waals surface area contributed by atoms with Crippen molar-refractivity contribution in [2.45, 2.75) is 38.8 Å². The lowest BCUT2D eigenvalue weighted by molar-refractivity contribution is 0.119. The molecule has 0 unspecified atom stereocenters. The molecule has 1 fully saturated rings. The van der Waals surface area contributed by atoms with Crippen LogP contribution in [-0.4, -0.2) is 22.8 Å². The van der Waals surface area contributed by atoms with Crippen molar-refractivity contribution in [3.05, 3.63) is 18.2 Å². The van der Waals surface area contributed by atoms with Gasteiger partial charge in [0.05, 0.1) is 12.0 Å². The highest BCUT2D eigenvalue weighted by Gasteiger charge is 2.20. The van der Waals surface area contributed by atoms with Crippen LogP contribution in [-0.2, 0) is 11.3 Å². The summed E-state index contributed by atoms with van der Waals surface area (Å²) in [4.78, 5) is 4.12. The van der Waals surface area contributed by atoms with E-state index in [4.69, 9.17) is 10.5 Å². The SMILES string of the molecule is C[C@H](N)c1cncn1CCCOCC1CC1. The van der Waals surface area contributed by atoms with Crippen LogP contribution in [0.3, 0.4) is 0 Å². The molecule has 1 aliphatic rings. The van der Waals surface area contributed by atoms with Gasteiger partial charge in [-0.05, 0) is 32.1 Å². The summed E-state index contributed by atoms with van der Waals surface area (Å²) in [5.74, 6) is 0.855. The second-order valence-corrected chi connectivity index (χ2v) is 4.67. The van der Waals surface area contributed by atoms with Gasteiger partial charge in [0.25, 0.3) is 0 Å². The Balaban J connectivity index is 1.65. The Labute approximate surface area is 96.8 Å². The van der Waals surface area contributed by atoms with E-state index in [2.05, 4.69) is 9.55 Å². The first kappa shape index (κ1) is 11.6. The number of nitrogens with two attached hydrogens (primary N) is 1. The molecule has 0 aliphatic heterocycles. The molecule has 0 spiro atoms. The molecule has 2 N–H and O–H groups in total. The van der Waals surface area contributed by atoms with Crippen LogP contribution in [0.2, 0.25) is 0 Å². The highest BCUT2D eigenvalue weighted by molar-refractivity contribution is 5.02. The van der Waals surface area contributed by atoms with Crippen molar-refractivity contribution in [1.82, 2.24) is 9.55 Å². The summed E-state index contributed by atoms with van der Waals surface area (Å²) in [5.41, 5.74) is 6.94. The molecule has 2 rings (SSSR count). The first-order chi connectivity index (χ1) is 7.77. The number of aromatic nitrogens is 2. The number of imidazole rings is 1. The van der Waals surface area contributed by atoms with Crippen LogP contribution in [0.5, 0.6) is 0 Å². The Hall–Kier alpha value is -0.870. The zero-order valence-corrected chi connectivity index (χ0v) is 9.93. The van der Waals surface area contributed by atoms with Crippen molar-refractivity contribution in [2.75, 3.05) is 13.2 Å². The number of rotatable bonds is 7. The van der Waals surface area contributed by atoms with E-state index in [9.17, 15) is 0 Å². The van der Waals surface area contributed by atoms with Gasteiger partial charge < -0.3 is 15.0 Å². The lowest BCUT2D eigenvalue weighted by atomic mass is 10.2. The summed E-state index contributed by atoms with van der Waals surface area (Å²) in [6.45, 7) is 4.72. The van der Waals surface area contributed by atoms with Gasteiger partial charge in [-0.1, -0.05) is 0 Å². The normalized spacial score (nSPS) is 17.6. The van der Waals surface area contributed by atoms with Crippen molar-refractivity contribution in [3.8, 4) is 0 Å². The van der Waals surface area contributed by atoms with Gasteiger partial charge in [0.15, 0.2) is 0 Å². The first-order valence-corrected chi connectivity index (χ1v) is 6.10. The van der Waals surface area contributed by atoms with Crippen molar-refractivity contribution in [3.63, 3.8) is 0 Å². The van der Waals surface area contributed by atoms with E-state index in [-0.39, 0.29) is 6.04 Å². The summed E-state index contributed by atoms with van der Waals surface area (Å²) in [7, 11) is 0.